The number of aliphatic hydroxyl groups is 1. The van der Waals surface area contributed by atoms with Crippen molar-refractivity contribution < 1.29 is 23.4 Å². The van der Waals surface area contributed by atoms with Crippen molar-refractivity contribution in [3.8, 4) is 0 Å². The first kappa shape index (κ1) is 24.3. The van der Waals surface area contributed by atoms with Gasteiger partial charge in [0, 0.05) is 13.0 Å². The van der Waals surface area contributed by atoms with E-state index in [1.165, 1.54) is 0 Å². The van der Waals surface area contributed by atoms with Crippen LogP contribution in [0.25, 0.3) is 0 Å². The second-order valence-electron chi connectivity index (χ2n) is 6.89. The highest BCUT2D eigenvalue weighted by Gasteiger charge is 2.19. The molecule has 0 saturated heterocycles. The Morgan fingerprint density at radius 1 is 0.960 bits per heavy atom. The zero-order valence-corrected chi connectivity index (χ0v) is 16.7. The lowest BCUT2D eigenvalue weighted by atomic mass is 10.0. The highest BCUT2D eigenvalue weighted by atomic mass is 32.2. The van der Waals surface area contributed by atoms with E-state index in [9.17, 15) is 18.3 Å². The van der Waals surface area contributed by atoms with Crippen LogP contribution in [0.5, 0.6) is 0 Å². The van der Waals surface area contributed by atoms with Gasteiger partial charge in [0.15, 0.2) is 0 Å². The smallest absolute Gasteiger partial charge is 0.303 e. The van der Waals surface area contributed by atoms with Gasteiger partial charge >= 0.3 is 5.97 Å². The third-order valence-corrected chi connectivity index (χ3v) is 6.34. The molecule has 0 spiro atoms. The van der Waals surface area contributed by atoms with Crippen LogP contribution in [-0.2, 0) is 14.8 Å². The molecule has 2 atom stereocenters. The van der Waals surface area contributed by atoms with Crippen LogP contribution in [0.2, 0.25) is 0 Å². The lowest BCUT2D eigenvalue weighted by molar-refractivity contribution is -0.137. The van der Waals surface area contributed by atoms with Gasteiger partial charge in [0.05, 0.1) is 11.4 Å². The molecule has 150 valence electrons. The van der Waals surface area contributed by atoms with E-state index in [0.29, 0.717) is 32.2 Å². The number of carboxylic acids is 1. The lowest BCUT2D eigenvalue weighted by Crippen LogP contribution is -2.33. The highest BCUT2D eigenvalue weighted by Crippen LogP contribution is 2.14. The van der Waals surface area contributed by atoms with Crippen LogP contribution in [0.4, 0.5) is 0 Å². The van der Waals surface area contributed by atoms with Crippen molar-refractivity contribution in [3.05, 3.63) is 0 Å². The van der Waals surface area contributed by atoms with Crippen molar-refractivity contribution >= 4 is 16.0 Å². The van der Waals surface area contributed by atoms with E-state index in [4.69, 9.17) is 5.11 Å². The molecule has 2 unspecified atom stereocenters. The van der Waals surface area contributed by atoms with Gasteiger partial charge in [-0.1, -0.05) is 39.0 Å². The average Bonchev–Trinajstić information content (AvgIpc) is 2.53. The summed E-state index contributed by atoms with van der Waals surface area (Å²) in [6.45, 7) is 4.24. The molecule has 0 radical (unpaired) electrons. The normalized spacial score (nSPS) is 14.4. The van der Waals surface area contributed by atoms with Crippen molar-refractivity contribution in [1.82, 2.24) is 4.72 Å². The molecule has 0 heterocycles. The average molecular weight is 380 g/mol. The van der Waals surface area contributed by atoms with E-state index >= 15 is 0 Å². The monoisotopic (exact) mass is 379 g/mol. The number of unbranched alkanes of at least 4 members (excludes halogenated alkanes) is 5. The van der Waals surface area contributed by atoms with Crippen molar-refractivity contribution in [2.45, 2.75) is 102 Å². The van der Waals surface area contributed by atoms with Crippen molar-refractivity contribution in [1.29, 1.82) is 0 Å². The maximum Gasteiger partial charge on any atom is 0.303 e. The fourth-order valence-corrected chi connectivity index (χ4v) is 3.87. The topological polar surface area (TPSA) is 104 Å². The van der Waals surface area contributed by atoms with E-state index in [2.05, 4.69) is 11.6 Å². The van der Waals surface area contributed by atoms with Crippen molar-refractivity contribution in [2.75, 3.05) is 6.54 Å². The molecule has 25 heavy (non-hydrogen) atoms. The minimum Gasteiger partial charge on any atom is -0.481 e. The third-order valence-electron chi connectivity index (χ3n) is 4.44. The summed E-state index contributed by atoms with van der Waals surface area (Å²) in [5.41, 5.74) is 0. The first-order valence-corrected chi connectivity index (χ1v) is 11.2. The molecular weight excluding hydrogens is 342 g/mol. The second-order valence-corrected chi connectivity index (χ2v) is 9.07. The summed E-state index contributed by atoms with van der Waals surface area (Å²) < 4.78 is 26.9. The van der Waals surface area contributed by atoms with Gasteiger partial charge in [-0.2, -0.15) is 0 Å². The summed E-state index contributed by atoms with van der Waals surface area (Å²) in [6.07, 6.45) is 8.86. The molecule has 0 aliphatic carbocycles. The van der Waals surface area contributed by atoms with Crippen molar-refractivity contribution in [3.63, 3.8) is 0 Å². The minimum atomic E-state index is -3.31. The van der Waals surface area contributed by atoms with Crippen LogP contribution in [-0.4, -0.2) is 42.5 Å². The van der Waals surface area contributed by atoms with Crippen LogP contribution >= 0.6 is 0 Å². The molecule has 7 heteroatoms. The van der Waals surface area contributed by atoms with Gasteiger partial charge in [0.25, 0.3) is 0 Å². The maximum atomic E-state index is 12.1. The summed E-state index contributed by atoms with van der Waals surface area (Å²) in [5.74, 6) is -0.787. The van der Waals surface area contributed by atoms with Crippen LogP contribution in [0, 0.1) is 0 Å². The molecule has 0 rings (SSSR count). The maximum absolute atomic E-state index is 12.1. The van der Waals surface area contributed by atoms with Crippen molar-refractivity contribution in [2.24, 2.45) is 0 Å². The van der Waals surface area contributed by atoms with E-state index in [0.717, 1.165) is 44.9 Å². The molecule has 6 nitrogen and oxygen atoms in total. The SMILES string of the molecule is CCCCCC(O)CCCC(C)S(=O)(=O)NCCCCCCC(=O)O. The van der Waals surface area contributed by atoms with Gasteiger partial charge in [0.1, 0.15) is 0 Å². The van der Waals surface area contributed by atoms with E-state index < -0.39 is 21.2 Å². The van der Waals surface area contributed by atoms with E-state index in [1.807, 2.05) is 0 Å². The Morgan fingerprint density at radius 2 is 1.60 bits per heavy atom. The molecule has 3 N–H and O–H groups in total. The zero-order chi connectivity index (χ0) is 19.1. The number of rotatable bonds is 17. The molecule has 0 bridgehead atoms. The standard InChI is InChI=1S/C18H37NO5S/c1-3-4-7-12-17(20)13-10-11-16(2)25(23,24)19-15-9-6-5-8-14-18(21)22/h16-17,19-20H,3-15H2,1-2H3,(H,21,22). The molecule has 0 aromatic rings. The van der Waals surface area contributed by atoms with E-state index in [-0.39, 0.29) is 12.5 Å². The van der Waals surface area contributed by atoms with Gasteiger partial charge in [-0.05, 0) is 45.4 Å². The molecular formula is C18H37NO5S. The van der Waals surface area contributed by atoms with Crippen LogP contribution < -0.4 is 4.72 Å². The Morgan fingerprint density at radius 3 is 2.24 bits per heavy atom. The summed E-state index contributed by atoms with van der Waals surface area (Å²) in [4.78, 5) is 10.4. The van der Waals surface area contributed by atoms with Gasteiger partial charge in [0.2, 0.25) is 10.0 Å². The zero-order valence-electron chi connectivity index (χ0n) is 15.9. The van der Waals surface area contributed by atoms with Crippen LogP contribution in [0.1, 0.15) is 90.9 Å². The Hall–Kier alpha value is -0.660. The molecule has 0 aliphatic rings. The second kappa shape index (κ2) is 14.5. The Labute approximate surface area is 153 Å². The lowest BCUT2D eigenvalue weighted by Gasteiger charge is -2.15. The molecule has 0 saturated carbocycles. The fourth-order valence-electron chi connectivity index (χ4n) is 2.68. The predicted octanol–water partition coefficient (Wildman–Crippen LogP) is 3.44. The van der Waals surface area contributed by atoms with Gasteiger partial charge in [-0.25, -0.2) is 13.1 Å². The minimum absolute atomic E-state index is 0.174. The Bertz CT molecular complexity index is 439. The molecule has 0 amide bonds. The van der Waals surface area contributed by atoms with Gasteiger partial charge in [-0.15, -0.1) is 0 Å². The summed E-state index contributed by atoms with van der Waals surface area (Å²) in [6, 6.07) is 0. The molecule has 0 fully saturated rings. The quantitative estimate of drug-likeness (QED) is 0.336. The molecule has 0 aromatic heterocycles. The number of aliphatic carboxylic acids is 1. The first-order chi connectivity index (χ1) is 11.8. The summed E-state index contributed by atoms with van der Waals surface area (Å²) >= 11 is 0. The third kappa shape index (κ3) is 14.2. The van der Waals surface area contributed by atoms with Crippen LogP contribution in [0.3, 0.4) is 0 Å². The van der Waals surface area contributed by atoms with Crippen LogP contribution in [0.15, 0.2) is 0 Å². The first-order valence-electron chi connectivity index (χ1n) is 9.68. The number of carbonyl (C=O) groups is 1. The Kier molecular flexibility index (Phi) is 14.1. The number of carboxylic acid groups (broad SMARTS) is 1. The summed E-state index contributed by atoms with van der Waals surface area (Å²) in [5, 5.41) is 17.9. The number of nitrogens with one attached hydrogen (secondary N) is 1. The van der Waals surface area contributed by atoms with Gasteiger partial charge < -0.3 is 10.2 Å². The highest BCUT2D eigenvalue weighted by molar-refractivity contribution is 7.90. The number of hydrogen-bond donors (Lipinski definition) is 3. The van der Waals surface area contributed by atoms with Gasteiger partial charge in [-0.3, -0.25) is 4.79 Å². The Balaban J connectivity index is 3.78. The predicted molar refractivity (Wildman–Crippen MR) is 101 cm³/mol. The molecule has 0 aliphatic heterocycles. The molecule has 0 aromatic carbocycles. The summed E-state index contributed by atoms with van der Waals surface area (Å²) in [7, 11) is -3.31. The fraction of sp³-hybridized carbons (Fsp3) is 0.944. The van der Waals surface area contributed by atoms with E-state index in [1.54, 1.807) is 6.92 Å². The number of sulfonamides is 1. The number of hydrogen-bond acceptors (Lipinski definition) is 4. The number of aliphatic hydroxyl groups excluding tert-OH is 1. The largest absolute Gasteiger partial charge is 0.481 e.